The number of benzene rings is 1. The first-order valence-electron chi connectivity index (χ1n) is 6.52. The second-order valence-electron chi connectivity index (χ2n) is 5.29. The average molecular weight is 315 g/mol. The van der Waals surface area contributed by atoms with Crippen LogP contribution in [0.2, 0.25) is 0 Å². The molecule has 0 aliphatic heterocycles. The zero-order chi connectivity index (χ0) is 13.1. The summed E-state index contributed by atoms with van der Waals surface area (Å²) >= 11 is 3.39. The highest BCUT2D eigenvalue weighted by molar-refractivity contribution is 9.10. The van der Waals surface area contributed by atoms with Crippen LogP contribution in [0.4, 0.5) is 4.39 Å². The molecular weight excluding hydrogens is 295 g/mol. The van der Waals surface area contributed by atoms with Crippen LogP contribution in [-0.2, 0) is 6.42 Å². The number of nitrogens with one attached hydrogen (secondary N) is 1. The maximum absolute atomic E-state index is 13.8. The van der Waals surface area contributed by atoms with Crippen molar-refractivity contribution in [2.45, 2.75) is 38.6 Å². The van der Waals surface area contributed by atoms with Crippen LogP contribution in [0.5, 0.6) is 0 Å². The van der Waals surface area contributed by atoms with Crippen LogP contribution in [0.3, 0.4) is 0 Å². The molecule has 1 saturated carbocycles. The van der Waals surface area contributed by atoms with Gasteiger partial charge in [-0.3, -0.25) is 11.3 Å². The predicted molar refractivity (Wildman–Crippen MR) is 75.4 cm³/mol. The molecule has 4 heteroatoms. The van der Waals surface area contributed by atoms with Crippen molar-refractivity contribution in [3.05, 3.63) is 34.1 Å². The Kier molecular flexibility index (Phi) is 4.76. The zero-order valence-corrected chi connectivity index (χ0v) is 12.2. The predicted octanol–water partition coefficient (Wildman–Crippen LogP) is 3.40. The topological polar surface area (TPSA) is 38.0 Å². The van der Waals surface area contributed by atoms with Crippen LogP contribution in [0.15, 0.2) is 22.7 Å². The monoisotopic (exact) mass is 314 g/mol. The highest BCUT2D eigenvalue weighted by Gasteiger charge is 2.30. The van der Waals surface area contributed by atoms with E-state index in [-0.39, 0.29) is 11.9 Å². The summed E-state index contributed by atoms with van der Waals surface area (Å²) in [6, 6.07) is 5.23. The smallest absolute Gasteiger partial charge is 0.126 e. The first kappa shape index (κ1) is 14.0. The van der Waals surface area contributed by atoms with E-state index in [1.54, 1.807) is 6.07 Å². The minimum atomic E-state index is -0.149. The van der Waals surface area contributed by atoms with Crippen molar-refractivity contribution >= 4 is 15.9 Å². The number of nitrogens with two attached hydrogens (primary N) is 1. The molecule has 0 bridgehead atoms. The van der Waals surface area contributed by atoms with Gasteiger partial charge in [0.05, 0.1) is 0 Å². The highest BCUT2D eigenvalue weighted by Crippen LogP contribution is 2.34. The van der Waals surface area contributed by atoms with Crippen LogP contribution < -0.4 is 11.3 Å². The quantitative estimate of drug-likeness (QED) is 0.660. The summed E-state index contributed by atoms with van der Waals surface area (Å²) in [6.07, 6.45) is 4.34. The average Bonchev–Trinajstić information content (AvgIpc) is 2.77. The second kappa shape index (κ2) is 6.13. The van der Waals surface area contributed by atoms with E-state index in [0.29, 0.717) is 18.3 Å². The molecule has 0 spiro atoms. The van der Waals surface area contributed by atoms with Crippen molar-refractivity contribution < 1.29 is 4.39 Å². The van der Waals surface area contributed by atoms with Gasteiger partial charge in [0.15, 0.2) is 0 Å². The van der Waals surface area contributed by atoms with Crippen molar-refractivity contribution in [3.63, 3.8) is 0 Å². The van der Waals surface area contributed by atoms with Gasteiger partial charge in [-0.2, -0.15) is 0 Å². The van der Waals surface area contributed by atoms with Gasteiger partial charge in [-0.15, -0.1) is 0 Å². The van der Waals surface area contributed by atoms with Gasteiger partial charge in [0.1, 0.15) is 5.82 Å². The third kappa shape index (κ3) is 3.11. The summed E-state index contributed by atoms with van der Waals surface area (Å²) in [6.45, 7) is 2.26. The molecule has 0 amide bonds. The molecule has 1 aliphatic rings. The molecule has 1 fully saturated rings. The molecule has 0 heterocycles. The Morgan fingerprint density at radius 2 is 2.28 bits per heavy atom. The van der Waals surface area contributed by atoms with E-state index in [0.717, 1.165) is 10.0 Å². The number of halogens is 2. The van der Waals surface area contributed by atoms with Crippen LogP contribution in [0, 0.1) is 17.7 Å². The van der Waals surface area contributed by atoms with Crippen molar-refractivity contribution in [2.24, 2.45) is 17.7 Å². The highest BCUT2D eigenvalue weighted by atomic mass is 79.9. The first-order chi connectivity index (χ1) is 8.61. The van der Waals surface area contributed by atoms with Gasteiger partial charge in [-0.05, 0) is 48.4 Å². The summed E-state index contributed by atoms with van der Waals surface area (Å²) in [5.74, 6) is 6.73. The molecule has 0 radical (unpaired) electrons. The molecule has 2 rings (SSSR count). The fourth-order valence-corrected chi connectivity index (χ4v) is 3.45. The van der Waals surface area contributed by atoms with Crippen LogP contribution >= 0.6 is 15.9 Å². The van der Waals surface area contributed by atoms with E-state index >= 15 is 0 Å². The number of hydrazine groups is 1. The second-order valence-corrected chi connectivity index (χ2v) is 6.20. The van der Waals surface area contributed by atoms with Gasteiger partial charge in [0.2, 0.25) is 0 Å². The van der Waals surface area contributed by atoms with Crippen molar-refractivity contribution in [3.8, 4) is 0 Å². The van der Waals surface area contributed by atoms with E-state index in [1.807, 2.05) is 6.07 Å². The minimum Gasteiger partial charge on any atom is -0.271 e. The minimum absolute atomic E-state index is 0.149. The van der Waals surface area contributed by atoms with Gasteiger partial charge < -0.3 is 0 Å². The fraction of sp³-hybridized carbons (Fsp3) is 0.571. The van der Waals surface area contributed by atoms with E-state index in [1.165, 1.54) is 25.3 Å². The maximum atomic E-state index is 13.8. The SMILES string of the molecule is CC1CCCC1C(Cc1cc(Br)ccc1F)NN. The van der Waals surface area contributed by atoms with E-state index < -0.39 is 0 Å². The summed E-state index contributed by atoms with van der Waals surface area (Å²) in [5.41, 5.74) is 3.62. The molecule has 3 unspecified atom stereocenters. The molecule has 1 aliphatic carbocycles. The summed E-state index contributed by atoms with van der Waals surface area (Å²) < 4.78 is 14.7. The number of rotatable bonds is 4. The lowest BCUT2D eigenvalue weighted by molar-refractivity contribution is 0.295. The van der Waals surface area contributed by atoms with E-state index in [2.05, 4.69) is 28.3 Å². The van der Waals surface area contributed by atoms with Crippen molar-refractivity contribution in [2.75, 3.05) is 0 Å². The lowest BCUT2D eigenvalue weighted by atomic mass is 9.87. The Morgan fingerprint density at radius 3 is 2.89 bits per heavy atom. The molecule has 3 N–H and O–H groups in total. The lowest BCUT2D eigenvalue weighted by Crippen LogP contribution is -2.43. The Hall–Kier alpha value is -0.450. The molecular formula is C14H20BrFN2. The Labute approximate surface area is 116 Å². The Balaban J connectivity index is 2.12. The lowest BCUT2D eigenvalue weighted by Gasteiger charge is -2.26. The molecule has 3 atom stereocenters. The summed E-state index contributed by atoms with van der Waals surface area (Å²) in [4.78, 5) is 0. The van der Waals surface area contributed by atoms with Gasteiger partial charge in [0, 0.05) is 10.5 Å². The van der Waals surface area contributed by atoms with Gasteiger partial charge in [0.25, 0.3) is 0 Å². The molecule has 18 heavy (non-hydrogen) atoms. The Morgan fingerprint density at radius 1 is 1.50 bits per heavy atom. The zero-order valence-electron chi connectivity index (χ0n) is 10.6. The number of hydrogen-bond donors (Lipinski definition) is 2. The molecule has 2 nitrogen and oxygen atoms in total. The maximum Gasteiger partial charge on any atom is 0.126 e. The van der Waals surface area contributed by atoms with E-state index in [4.69, 9.17) is 5.84 Å². The van der Waals surface area contributed by atoms with Gasteiger partial charge in [-0.1, -0.05) is 35.7 Å². The van der Waals surface area contributed by atoms with Crippen molar-refractivity contribution in [1.29, 1.82) is 0 Å². The van der Waals surface area contributed by atoms with Gasteiger partial charge in [-0.25, -0.2) is 4.39 Å². The van der Waals surface area contributed by atoms with Crippen LogP contribution in [0.25, 0.3) is 0 Å². The third-order valence-electron chi connectivity index (χ3n) is 4.11. The number of hydrogen-bond acceptors (Lipinski definition) is 2. The fourth-order valence-electron chi connectivity index (χ4n) is 3.04. The third-order valence-corrected chi connectivity index (χ3v) is 4.60. The molecule has 0 saturated heterocycles. The first-order valence-corrected chi connectivity index (χ1v) is 7.31. The van der Waals surface area contributed by atoms with Crippen LogP contribution in [-0.4, -0.2) is 6.04 Å². The van der Waals surface area contributed by atoms with Crippen LogP contribution in [0.1, 0.15) is 31.7 Å². The Bertz CT molecular complexity index is 411. The normalized spacial score (nSPS) is 25.3. The van der Waals surface area contributed by atoms with E-state index in [9.17, 15) is 4.39 Å². The summed E-state index contributed by atoms with van der Waals surface area (Å²) in [5, 5.41) is 0. The largest absolute Gasteiger partial charge is 0.271 e. The molecule has 1 aromatic carbocycles. The summed E-state index contributed by atoms with van der Waals surface area (Å²) in [7, 11) is 0. The molecule has 1 aromatic rings. The van der Waals surface area contributed by atoms with Crippen molar-refractivity contribution in [1.82, 2.24) is 5.43 Å². The molecule has 0 aromatic heterocycles. The standard InChI is InChI=1S/C14H20BrFN2/c1-9-3-2-4-12(9)14(18-17)8-10-7-11(15)5-6-13(10)16/h5-7,9,12,14,18H,2-4,8,17H2,1H3. The molecule has 100 valence electrons. The van der Waals surface area contributed by atoms with Gasteiger partial charge >= 0.3 is 0 Å².